The lowest BCUT2D eigenvalue weighted by Gasteiger charge is -2.12. The molecule has 20 heavy (non-hydrogen) atoms. The Kier molecular flexibility index (Phi) is 3.87. The van der Waals surface area contributed by atoms with Crippen LogP contribution in [0.3, 0.4) is 0 Å². The van der Waals surface area contributed by atoms with Crippen LogP contribution in [-0.4, -0.2) is 28.3 Å². The summed E-state index contributed by atoms with van der Waals surface area (Å²) in [7, 11) is -9.61. The van der Waals surface area contributed by atoms with Crippen LogP contribution in [0, 0.1) is 6.92 Å². The second-order valence-electron chi connectivity index (χ2n) is 3.65. The zero-order valence-corrected chi connectivity index (χ0v) is 12.3. The van der Waals surface area contributed by atoms with E-state index in [0.29, 0.717) is 11.7 Å². The SMILES string of the molecule is Cc1cc(OP(=O)(O)O)c2nsnc2c1OP(=O)(O)O. The van der Waals surface area contributed by atoms with Crippen LogP contribution < -0.4 is 9.05 Å². The Bertz CT molecular complexity index is 749. The lowest BCUT2D eigenvalue weighted by atomic mass is 10.2. The molecule has 13 heteroatoms. The van der Waals surface area contributed by atoms with Gasteiger partial charge in [0.05, 0.1) is 11.7 Å². The van der Waals surface area contributed by atoms with E-state index in [4.69, 9.17) is 19.6 Å². The van der Waals surface area contributed by atoms with E-state index in [2.05, 4.69) is 17.8 Å². The van der Waals surface area contributed by atoms with Gasteiger partial charge in [-0.1, -0.05) is 0 Å². The predicted molar refractivity (Wildman–Crippen MR) is 67.5 cm³/mol. The van der Waals surface area contributed by atoms with Crippen molar-refractivity contribution in [3.05, 3.63) is 11.6 Å². The highest BCUT2D eigenvalue weighted by Crippen LogP contribution is 2.47. The Morgan fingerprint density at radius 2 is 1.60 bits per heavy atom. The van der Waals surface area contributed by atoms with Gasteiger partial charge in [0.1, 0.15) is 0 Å². The van der Waals surface area contributed by atoms with E-state index in [9.17, 15) is 9.13 Å². The van der Waals surface area contributed by atoms with Crippen LogP contribution in [0.1, 0.15) is 5.56 Å². The Balaban J connectivity index is 2.61. The maximum absolute atomic E-state index is 10.9. The zero-order valence-electron chi connectivity index (χ0n) is 9.70. The van der Waals surface area contributed by atoms with Crippen molar-refractivity contribution < 1.29 is 37.8 Å². The summed E-state index contributed by atoms with van der Waals surface area (Å²) in [5, 5.41) is 0. The van der Waals surface area contributed by atoms with Crippen LogP contribution in [0.5, 0.6) is 11.5 Å². The quantitative estimate of drug-likeness (QED) is 0.589. The normalized spacial score (nSPS) is 12.7. The smallest absolute Gasteiger partial charge is 0.402 e. The first-order valence-corrected chi connectivity index (χ1v) is 8.62. The molecule has 2 rings (SSSR count). The average Bonchev–Trinajstić information content (AvgIpc) is 2.69. The highest BCUT2D eigenvalue weighted by molar-refractivity contribution is 7.47. The summed E-state index contributed by atoms with van der Waals surface area (Å²) < 4.78 is 38.3. The van der Waals surface area contributed by atoms with Crippen LogP contribution in [0.25, 0.3) is 11.0 Å². The van der Waals surface area contributed by atoms with Gasteiger partial charge in [0.15, 0.2) is 22.5 Å². The summed E-state index contributed by atoms with van der Waals surface area (Å²) in [5.74, 6) is -0.474. The summed E-state index contributed by atoms with van der Waals surface area (Å²) in [6, 6.07) is 1.15. The molecular weight excluding hydrogens is 334 g/mol. The monoisotopic (exact) mass is 342 g/mol. The number of phosphoric acid groups is 2. The molecule has 110 valence electrons. The number of hydrogen-bond acceptors (Lipinski definition) is 7. The lowest BCUT2D eigenvalue weighted by Crippen LogP contribution is -1.97. The van der Waals surface area contributed by atoms with Gasteiger partial charge in [-0.25, -0.2) is 9.13 Å². The molecule has 0 unspecified atom stereocenters. The highest BCUT2D eigenvalue weighted by atomic mass is 32.1. The number of aryl methyl sites for hydroxylation is 1. The first kappa shape index (κ1) is 15.3. The van der Waals surface area contributed by atoms with Crippen molar-refractivity contribution in [3.63, 3.8) is 0 Å². The number of hydrogen-bond donors (Lipinski definition) is 4. The minimum Gasteiger partial charge on any atom is -0.402 e. The predicted octanol–water partition coefficient (Wildman–Crippen LogP) is 0.943. The van der Waals surface area contributed by atoms with Gasteiger partial charge in [0.25, 0.3) is 0 Å². The van der Waals surface area contributed by atoms with E-state index >= 15 is 0 Å². The maximum atomic E-state index is 10.9. The number of phosphoric ester groups is 2. The molecule has 1 aromatic heterocycles. The van der Waals surface area contributed by atoms with Gasteiger partial charge >= 0.3 is 15.6 Å². The Morgan fingerprint density at radius 1 is 1.05 bits per heavy atom. The molecule has 0 saturated heterocycles. The summed E-state index contributed by atoms with van der Waals surface area (Å²) in [5.41, 5.74) is 0.0612. The molecule has 10 nitrogen and oxygen atoms in total. The molecule has 0 aliphatic carbocycles. The summed E-state index contributed by atoms with van der Waals surface area (Å²) in [4.78, 5) is 35.3. The van der Waals surface area contributed by atoms with Crippen molar-refractivity contribution >= 4 is 38.4 Å². The molecule has 0 spiro atoms. The number of nitrogens with zero attached hydrogens (tertiary/aromatic N) is 2. The number of fused-ring (bicyclic) bond motifs is 1. The maximum Gasteiger partial charge on any atom is 0.524 e. The van der Waals surface area contributed by atoms with Gasteiger partial charge < -0.3 is 9.05 Å². The standard InChI is InChI=1S/C7H8N2O8P2S/c1-3-2-4(16-18(10,11)12)5-6(9-20-8-5)7(3)17-19(13,14)15/h2H,1H3,(H2,10,11,12)(H2,13,14,15). The van der Waals surface area contributed by atoms with Crippen molar-refractivity contribution in [3.8, 4) is 11.5 Å². The average molecular weight is 342 g/mol. The van der Waals surface area contributed by atoms with Gasteiger partial charge in [-0.2, -0.15) is 8.75 Å². The van der Waals surface area contributed by atoms with Gasteiger partial charge in [0.2, 0.25) is 0 Å². The molecule has 0 aliphatic rings. The van der Waals surface area contributed by atoms with Crippen LogP contribution in [0.15, 0.2) is 6.07 Å². The van der Waals surface area contributed by atoms with E-state index in [1.54, 1.807) is 0 Å². The third kappa shape index (κ3) is 3.53. The van der Waals surface area contributed by atoms with E-state index < -0.39 is 15.6 Å². The minimum atomic E-state index is -4.81. The Morgan fingerprint density at radius 3 is 2.15 bits per heavy atom. The summed E-state index contributed by atoms with van der Waals surface area (Å²) >= 11 is 0.676. The largest absolute Gasteiger partial charge is 0.524 e. The van der Waals surface area contributed by atoms with Gasteiger partial charge in [-0.15, -0.1) is 0 Å². The first-order chi connectivity index (χ1) is 9.07. The van der Waals surface area contributed by atoms with Crippen LogP contribution in [-0.2, 0) is 9.13 Å². The van der Waals surface area contributed by atoms with Crippen LogP contribution >= 0.6 is 27.4 Å². The van der Waals surface area contributed by atoms with Gasteiger partial charge in [-0.05, 0) is 18.6 Å². The fraction of sp³-hybridized carbons (Fsp3) is 0.143. The summed E-state index contributed by atoms with van der Waals surface area (Å²) in [6.45, 7) is 1.41. The molecule has 4 N–H and O–H groups in total. The minimum absolute atomic E-state index is 0.0539. The van der Waals surface area contributed by atoms with E-state index in [1.807, 2.05) is 0 Å². The summed E-state index contributed by atoms with van der Waals surface area (Å²) in [6.07, 6.45) is 0. The van der Waals surface area contributed by atoms with E-state index in [1.165, 1.54) is 6.92 Å². The molecule has 0 aliphatic heterocycles. The first-order valence-electron chi connectivity index (χ1n) is 4.83. The topological polar surface area (TPSA) is 159 Å². The molecule has 2 aromatic rings. The molecule has 0 amide bonds. The second kappa shape index (κ2) is 5.05. The van der Waals surface area contributed by atoms with E-state index in [-0.39, 0.29) is 28.1 Å². The van der Waals surface area contributed by atoms with Crippen molar-refractivity contribution in [2.45, 2.75) is 6.92 Å². The molecule has 1 heterocycles. The number of benzene rings is 1. The lowest BCUT2D eigenvalue weighted by molar-refractivity contribution is 0.279. The highest BCUT2D eigenvalue weighted by Gasteiger charge is 2.26. The molecular formula is C7H8N2O8P2S. The van der Waals surface area contributed by atoms with Gasteiger partial charge in [-0.3, -0.25) is 19.6 Å². The number of aromatic nitrogens is 2. The molecule has 1 aromatic carbocycles. The second-order valence-corrected chi connectivity index (χ2v) is 6.50. The fourth-order valence-corrected chi connectivity index (χ4v) is 2.86. The van der Waals surface area contributed by atoms with Crippen LogP contribution in [0.4, 0.5) is 0 Å². The third-order valence-electron chi connectivity index (χ3n) is 2.07. The fourth-order valence-electron chi connectivity index (χ4n) is 1.45. The van der Waals surface area contributed by atoms with Crippen molar-refractivity contribution in [1.82, 2.24) is 8.75 Å². The van der Waals surface area contributed by atoms with Crippen molar-refractivity contribution in [2.75, 3.05) is 0 Å². The molecule has 0 saturated carbocycles. The van der Waals surface area contributed by atoms with Crippen LogP contribution in [0.2, 0.25) is 0 Å². The van der Waals surface area contributed by atoms with E-state index in [0.717, 1.165) is 6.07 Å². The number of rotatable bonds is 4. The van der Waals surface area contributed by atoms with Gasteiger partial charge in [0, 0.05) is 0 Å². The zero-order chi connectivity index (χ0) is 15.1. The Hall–Kier alpha value is -1.06. The molecule has 0 radical (unpaired) electrons. The third-order valence-corrected chi connectivity index (χ3v) is 3.45. The molecule has 0 fully saturated rings. The van der Waals surface area contributed by atoms with Crippen molar-refractivity contribution in [2.24, 2.45) is 0 Å². The van der Waals surface area contributed by atoms with Crippen molar-refractivity contribution in [1.29, 1.82) is 0 Å². The Labute approximate surface area is 115 Å². The molecule has 0 bridgehead atoms. The molecule has 0 atom stereocenters.